The Morgan fingerprint density at radius 1 is 1.14 bits per heavy atom. The molecule has 0 unspecified atom stereocenters. The van der Waals surface area contributed by atoms with E-state index < -0.39 is 0 Å². The topological polar surface area (TPSA) is 111 Å². The number of morpholine rings is 1. The van der Waals surface area contributed by atoms with Gasteiger partial charge in [-0.15, -0.1) is 0 Å². The van der Waals surface area contributed by atoms with Crippen molar-refractivity contribution in [2.45, 2.75) is 20.0 Å². The van der Waals surface area contributed by atoms with Crippen LogP contribution in [-0.2, 0) is 17.8 Å². The van der Waals surface area contributed by atoms with Crippen LogP contribution in [0.15, 0.2) is 29.1 Å². The summed E-state index contributed by atoms with van der Waals surface area (Å²) in [7, 11) is 0. The summed E-state index contributed by atoms with van der Waals surface area (Å²) in [5, 5.41) is 0. The van der Waals surface area contributed by atoms with Crippen LogP contribution in [0.5, 0.6) is 6.01 Å². The van der Waals surface area contributed by atoms with Crippen LogP contribution in [0.3, 0.4) is 0 Å². The summed E-state index contributed by atoms with van der Waals surface area (Å²) >= 11 is 0. The SMILES string of the molecule is CCOc1nc(N)c2[nH]c(=O)n(Cc3ccc(CN4CCOCC4)cc3)c2n1. The molecule has 2 aromatic heterocycles. The monoisotopic (exact) mass is 384 g/mol. The number of benzene rings is 1. The first-order valence-electron chi connectivity index (χ1n) is 9.41. The summed E-state index contributed by atoms with van der Waals surface area (Å²) in [5.74, 6) is 0.199. The second-order valence-electron chi connectivity index (χ2n) is 6.74. The van der Waals surface area contributed by atoms with Gasteiger partial charge in [0.2, 0.25) is 0 Å². The molecule has 0 saturated carbocycles. The maximum Gasteiger partial charge on any atom is 0.328 e. The molecule has 0 aliphatic carbocycles. The van der Waals surface area contributed by atoms with Gasteiger partial charge < -0.3 is 20.2 Å². The highest BCUT2D eigenvalue weighted by atomic mass is 16.5. The highest BCUT2D eigenvalue weighted by Gasteiger charge is 2.15. The van der Waals surface area contributed by atoms with Gasteiger partial charge >= 0.3 is 11.7 Å². The predicted molar refractivity (Wildman–Crippen MR) is 105 cm³/mol. The van der Waals surface area contributed by atoms with Gasteiger partial charge in [0.1, 0.15) is 5.52 Å². The lowest BCUT2D eigenvalue weighted by Crippen LogP contribution is -2.35. The molecule has 3 aromatic rings. The van der Waals surface area contributed by atoms with Crippen LogP contribution in [-0.4, -0.2) is 57.3 Å². The lowest BCUT2D eigenvalue weighted by atomic mass is 10.1. The number of nitrogen functional groups attached to an aromatic ring is 1. The molecule has 3 N–H and O–H groups in total. The largest absolute Gasteiger partial charge is 0.464 e. The van der Waals surface area contributed by atoms with Crippen molar-refractivity contribution in [3.63, 3.8) is 0 Å². The molecule has 4 rings (SSSR count). The van der Waals surface area contributed by atoms with Crippen LogP contribution in [0.25, 0.3) is 11.2 Å². The Morgan fingerprint density at radius 2 is 1.82 bits per heavy atom. The van der Waals surface area contributed by atoms with Crippen LogP contribution >= 0.6 is 0 Å². The van der Waals surface area contributed by atoms with Gasteiger partial charge in [-0.05, 0) is 18.1 Å². The number of nitrogens with one attached hydrogen (secondary N) is 1. The lowest BCUT2D eigenvalue weighted by molar-refractivity contribution is 0.0342. The summed E-state index contributed by atoms with van der Waals surface area (Å²) in [6.45, 7) is 7.03. The first-order valence-corrected chi connectivity index (χ1v) is 9.41. The Balaban J connectivity index is 1.55. The van der Waals surface area contributed by atoms with Crippen molar-refractivity contribution in [3.05, 3.63) is 45.9 Å². The molecular formula is C19H24N6O3. The quantitative estimate of drug-likeness (QED) is 0.652. The minimum atomic E-state index is -0.276. The maximum absolute atomic E-state index is 12.4. The van der Waals surface area contributed by atoms with E-state index in [-0.39, 0.29) is 17.5 Å². The van der Waals surface area contributed by atoms with Crippen LogP contribution in [0.4, 0.5) is 5.82 Å². The molecule has 0 atom stereocenters. The summed E-state index contributed by atoms with van der Waals surface area (Å²) in [6, 6.07) is 8.43. The van der Waals surface area contributed by atoms with Crippen LogP contribution in [0, 0.1) is 0 Å². The second kappa shape index (κ2) is 7.99. The van der Waals surface area contributed by atoms with Crippen molar-refractivity contribution in [3.8, 4) is 6.01 Å². The van der Waals surface area contributed by atoms with E-state index in [1.54, 1.807) is 4.57 Å². The molecule has 1 fully saturated rings. The first kappa shape index (κ1) is 18.5. The summed E-state index contributed by atoms with van der Waals surface area (Å²) < 4.78 is 12.3. The Hall–Kier alpha value is -2.91. The molecule has 0 radical (unpaired) electrons. The van der Waals surface area contributed by atoms with Gasteiger partial charge in [0.25, 0.3) is 0 Å². The molecule has 1 aliphatic heterocycles. The van der Waals surface area contributed by atoms with Gasteiger partial charge in [-0.3, -0.25) is 9.47 Å². The first-order chi connectivity index (χ1) is 13.6. The molecule has 1 aliphatic rings. The zero-order chi connectivity index (χ0) is 19.5. The second-order valence-corrected chi connectivity index (χ2v) is 6.74. The number of hydrogen-bond acceptors (Lipinski definition) is 7. The fourth-order valence-electron chi connectivity index (χ4n) is 3.32. The van der Waals surface area contributed by atoms with Crippen molar-refractivity contribution in [1.29, 1.82) is 0 Å². The van der Waals surface area contributed by atoms with E-state index in [1.807, 2.05) is 19.1 Å². The smallest absolute Gasteiger partial charge is 0.328 e. The number of imidazole rings is 1. The van der Waals surface area contributed by atoms with E-state index in [0.717, 1.165) is 38.4 Å². The molecule has 28 heavy (non-hydrogen) atoms. The van der Waals surface area contributed by atoms with Gasteiger partial charge in [-0.2, -0.15) is 9.97 Å². The molecule has 0 amide bonds. The molecule has 1 aromatic carbocycles. The third-order valence-corrected chi connectivity index (χ3v) is 4.78. The van der Waals surface area contributed by atoms with Gasteiger partial charge in [-0.1, -0.05) is 24.3 Å². The van der Waals surface area contributed by atoms with Crippen LogP contribution in [0.1, 0.15) is 18.1 Å². The van der Waals surface area contributed by atoms with E-state index in [0.29, 0.717) is 24.3 Å². The van der Waals surface area contributed by atoms with E-state index >= 15 is 0 Å². The number of hydrogen-bond donors (Lipinski definition) is 2. The molecule has 3 heterocycles. The number of rotatable bonds is 6. The summed E-state index contributed by atoms with van der Waals surface area (Å²) in [4.78, 5) is 25.9. The molecule has 0 bridgehead atoms. The third kappa shape index (κ3) is 3.85. The van der Waals surface area contributed by atoms with E-state index in [4.69, 9.17) is 15.2 Å². The summed E-state index contributed by atoms with van der Waals surface area (Å²) in [5.41, 5.74) is 8.78. The molecule has 9 heteroatoms. The fourth-order valence-corrected chi connectivity index (χ4v) is 3.32. The minimum Gasteiger partial charge on any atom is -0.464 e. The number of aromatic nitrogens is 4. The number of ether oxygens (including phenoxy) is 2. The average Bonchev–Trinajstić information content (AvgIpc) is 3.01. The van der Waals surface area contributed by atoms with E-state index in [1.165, 1.54) is 5.56 Å². The van der Waals surface area contributed by atoms with E-state index in [2.05, 4.69) is 32.0 Å². The number of nitrogens with zero attached hydrogens (tertiary/aromatic N) is 4. The fraction of sp³-hybridized carbons (Fsp3) is 0.421. The van der Waals surface area contributed by atoms with Gasteiger partial charge in [0.05, 0.1) is 26.4 Å². The number of fused-ring (bicyclic) bond motifs is 1. The maximum atomic E-state index is 12.4. The molecule has 148 valence electrons. The molecular weight excluding hydrogens is 360 g/mol. The molecule has 9 nitrogen and oxygen atoms in total. The van der Waals surface area contributed by atoms with Crippen molar-refractivity contribution in [2.24, 2.45) is 0 Å². The highest BCUT2D eigenvalue weighted by Crippen LogP contribution is 2.19. The number of nitrogens with two attached hydrogens (primary N) is 1. The number of anilines is 1. The van der Waals surface area contributed by atoms with Crippen LogP contribution < -0.4 is 16.2 Å². The Kier molecular flexibility index (Phi) is 5.27. The van der Waals surface area contributed by atoms with Crippen molar-refractivity contribution >= 4 is 17.0 Å². The standard InChI is InChI=1S/C19H24N6O3/c1-2-28-18-22-16(20)15-17(23-18)25(19(26)21-15)12-14-5-3-13(4-6-14)11-24-7-9-27-10-8-24/h3-6H,2,7-12H2,1H3,(H,21,26)(H2,20,22,23). The average molecular weight is 384 g/mol. The molecule has 0 spiro atoms. The predicted octanol–water partition coefficient (Wildman–Crippen LogP) is 0.981. The van der Waals surface area contributed by atoms with Gasteiger partial charge in [0.15, 0.2) is 11.5 Å². The number of H-pyrrole nitrogens is 1. The zero-order valence-corrected chi connectivity index (χ0v) is 15.9. The number of aromatic amines is 1. The van der Waals surface area contributed by atoms with Crippen molar-refractivity contribution in [2.75, 3.05) is 38.6 Å². The normalized spacial score (nSPS) is 15.2. The minimum absolute atomic E-state index is 0.168. The van der Waals surface area contributed by atoms with Crippen molar-refractivity contribution in [1.82, 2.24) is 24.4 Å². The Morgan fingerprint density at radius 3 is 2.50 bits per heavy atom. The van der Waals surface area contributed by atoms with E-state index in [9.17, 15) is 4.79 Å². The highest BCUT2D eigenvalue weighted by molar-refractivity contribution is 5.81. The summed E-state index contributed by atoms with van der Waals surface area (Å²) in [6.07, 6.45) is 0. The molecule has 1 saturated heterocycles. The van der Waals surface area contributed by atoms with Gasteiger partial charge in [0, 0.05) is 19.6 Å². The zero-order valence-electron chi connectivity index (χ0n) is 15.9. The van der Waals surface area contributed by atoms with Gasteiger partial charge in [-0.25, -0.2) is 4.79 Å². The van der Waals surface area contributed by atoms with Crippen LogP contribution in [0.2, 0.25) is 0 Å². The lowest BCUT2D eigenvalue weighted by Gasteiger charge is -2.26. The Bertz CT molecular complexity index is 1000. The Labute approximate surface area is 162 Å². The van der Waals surface area contributed by atoms with Crippen molar-refractivity contribution < 1.29 is 9.47 Å². The third-order valence-electron chi connectivity index (χ3n) is 4.78.